The van der Waals surface area contributed by atoms with E-state index in [9.17, 15) is 9.18 Å². The molecule has 1 aromatic rings. The molecule has 4 heteroatoms. The number of carbonyl (C=O) groups excluding carboxylic acids is 1. The first-order valence-electron chi connectivity index (χ1n) is 7.52. The Kier molecular flexibility index (Phi) is 4.99. The Hall–Kier alpha value is -1.42. The third-order valence-corrected chi connectivity index (χ3v) is 4.30. The summed E-state index contributed by atoms with van der Waals surface area (Å²) in [6, 6.07) is 3.50. The van der Waals surface area contributed by atoms with Crippen molar-refractivity contribution in [2.75, 3.05) is 25.2 Å². The number of hydrogen-bond acceptors (Lipinski definition) is 3. The average molecular weight is 293 g/mol. The molecule has 0 radical (unpaired) electrons. The van der Waals surface area contributed by atoms with Crippen molar-refractivity contribution < 1.29 is 13.9 Å². The van der Waals surface area contributed by atoms with Gasteiger partial charge < -0.3 is 9.64 Å². The molecule has 0 spiro atoms. The van der Waals surface area contributed by atoms with Gasteiger partial charge >= 0.3 is 0 Å². The van der Waals surface area contributed by atoms with Crippen molar-refractivity contribution in [2.45, 2.75) is 39.7 Å². The molecule has 0 bridgehead atoms. The van der Waals surface area contributed by atoms with E-state index in [4.69, 9.17) is 4.74 Å². The van der Waals surface area contributed by atoms with Gasteiger partial charge in [0.15, 0.2) is 5.78 Å². The van der Waals surface area contributed by atoms with E-state index >= 15 is 0 Å². The largest absolute Gasteiger partial charge is 0.383 e. The Morgan fingerprint density at radius 3 is 2.67 bits per heavy atom. The molecule has 1 aliphatic rings. The van der Waals surface area contributed by atoms with Crippen LogP contribution in [0.4, 0.5) is 10.1 Å². The minimum Gasteiger partial charge on any atom is -0.383 e. The molecule has 1 fully saturated rings. The Labute approximate surface area is 126 Å². The van der Waals surface area contributed by atoms with Gasteiger partial charge in [0.2, 0.25) is 0 Å². The van der Waals surface area contributed by atoms with Gasteiger partial charge in [-0.3, -0.25) is 4.79 Å². The van der Waals surface area contributed by atoms with Crippen LogP contribution < -0.4 is 4.90 Å². The second-order valence-corrected chi connectivity index (χ2v) is 5.94. The van der Waals surface area contributed by atoms with E-state index < -0.39 is 0 Å². The van der Waals surface area contributed by atoms with E-state index in [0.717, 1.165) is 5.69 Å². The lowest BCUT2D eigenvalue weighted by molar-refractivity contribution is 0.101. The Morgan fingerprint density at radius 2 is 2.14 bits per heavy atom. The lowest BCUT2D eigenvalue weighted by Crippen LogP contribution is -2.38. The maximum atomic E-state index is 13.8. The fourth-order valence-electron chi connectivity index (χ4n) is 2.75. The van der Waals surface area contributed by atoms with Crippen LogP contribution in [0.25, 0.3) is 0 Å². The minimum absolute atomic E-state index is 0.102. The second kappa shape index (κ2) is 6.56. The van der Waals surface area contributed by atoms with Crippen molar-refractivity contribution in [3.8, 4) is 0 Å². The first kappa shape index (κ1) is 16.0. The van der Waals surface area contributed by atoms with E-state index in [0.29, 0.717) is 36.2 Å². The summed E-state index contributed by atoms with van der Waals surface area (Å²) < 4.78 is 19.0. The van der Waals surface area contributed by atoms with Gasteiger partial charge in [-0.25, -0.2) is 4.39 Å². The highest BCUT2D eigenvalue weighted by Crippen LogP contribution is 2.38. The van der Waals surface area contributed by atoms with Crippen molar-refractivity contribution in [1.29, 1.82) is 0 Å². The molecule has 0 heterocycles. The smallest absolute Gasteiger partial charge is 0.161 e. The molecule has 0 amide bonds. The summed E-state index contributed by atoms with van der Waals surface area (Å²) in [5, 5.41) is 0. The van der Waals surface area contributed by atoms with Crippen molar-refractivity contribution in [3.05, 3.63) is 29.1 Å². The third kappa shape index (κ3) is 3.62. The summed E-state index contributed by atoms with van der Waals surface area (Å²) in [5.41, 5.74) is 1.86. The normalized spacial score (nSPS) is 15.9. The molecule has 1 unspecified atom stereocenters. The standard InChI is InChI=1S/C17H24FNO2/c1-11-9-17(15(13(3)20)10-16(11)18)19(7-8-21-4)12(2)14-5-6-14/h9-10,12,14H,5-8H2,1-4H3. The summed E-state index contributed by atoms with van der Waals surface area (Å²) in [5.74, 6) is 0.232. The van der Waals surface area contributed by atoms with Crippen LogP contribution in [0.2, 0.25) is 0 Å². The van der Waals surface area contributed by atoms with Gasteiger partial charge in [0.1, 0.15) is 5.82 Å². The average Bonchev–Trinajstić information content (AvgIpc) is 3.26. The Balaban J connectivity index is 2.41. The number of methoxy groups -OCH3 is 1. The third-order valence-electron chi connectivity index (χ3n) is 4.30. The minimum atomic E-state index is -0.324. The fourth-order valence-corrected chi connectivity index (χ4v) is 2.75. The number of anilines is 1. The summed E-state index contributed by atoms with van der Waals surface area (Å²) in [7, 11) is 1.67. The van der Waals surface area contributed by atoms with Crippen LogP contribution >= 0.6 is 0 Å². The van der Waals surface area contributed by atoms with Gasteiger partial charge in [0, 0.05) is 30.9 Å². The lowest BCUT2D eigenvalue weighted by atomic mass is 10.0. The highest BCUT2D eigenvalue weighted by molar-refractivity contribution is 6.00. The zero-order chi connectivity index (χ0) is 15.6. The predicted octanol–water partition coefficient (Wildman–Crippen LogP) is 3.59. The van der Waals surface area contributed by atoms with Crippen LogP contribution in [0.5, 0.6) is 0 Å². The molecular weight excluding hydrogens is 269 g/mol. The number of carbonyl (C=O) groups is 1. The molecule has 116 valence electrons. The van der Waals surface area contributed by atoms with Gasteiger partial charge in [-0.2, -0.15) is 0 Å². The highest BCUT2D eigenvalue weighted by atomic mass is 19.1. The molecule has 2 rings (SSSR count). The Morgan fingerprint density at radius 1 is 1.48 bits per heavy atom. The van der Waals surface area contributed by atoms with Crippen LogP contribution in [0, 0.1) is 18.7 Å². The van der Waals surface area contributed by atoms with Crippen molar-refractivity contribution >= 4 is 11.5 Å². The maximum Gasteiger partial charge on any atom is 0.161 e. The number of ether oxygens (including phenoxy) is 1. The molecule has 1 aromatic carbocycles. The number of nitrogens with zero attached hydrogens (tertiary/aromatic N) is 1. The van der Waals surface area contributed by atoms with Gasteiger partial charge in [-0.1, -0.05) is 0 Å². The number of Topliss-reactive ketones (excluding diaryl/α,β-unsaturated/α-hetero) is 1. The zero-order valence-electron chi connectivity index (χ0n) is 13.3. The van der Waals surface area contributed by atoms with E-state index in [2.05, 4.69) is 11.8 Å². The number of hydrogen-bond donors (Lipinski definition) is 0. The number of benzene rings is 1. The van der Waals surface area contributed by atoms with Crippen molar-refractivity contribution in [1.82, 2.24) is 0 Å². The number of aryl methyl sites for hydroxylation is 1. The molecular formula is C17H24FNO2. The van der Waals surface area contributed by atoms with Gasteiger partial charge in [0.05, 0.1) is 6.61 Å². The second-order valence-electron chi connectivity index (χ2n) is 5.94. The quantitative estimate of drug-likeness (QED) is 0.720. The SMILES string of the molecule is COCCN(c1cc(C)c(F)cc1C(C)=O)C(C)C1CC1. The van der Waals surface area contributed by atoms with E-state index in [1.165, 1.54) is 25.8 Å². The summed E-state index contributed by atoms with van der Waals surface area (Å²) >= 11 is 0. The van der Waals surface area contributed by atoms with Crippen LogP contribution in [0.1, 0.15) is 42.6 Å². The number of ketones is 1. The number of halogens is 1. The van der Waals surface area contributed by atoms with Crippen LogP contribution in [0.15, 0.2) is 12.1 Å². The Bertz CT molecular complexity index is 526. The van der Waals surface area contributed by atoms with Crippen LogP contribution in [-0.2, 0) is 4.74 Å². The molecule has 1 saturated carbocycles. The topological polar surface area (TPSA) is 29.5 Å². The lowest BCUT2D eigenvalue weighted by Gasteiger charge is -2.33. The van der Waals surface area contributed by atoms with Gasteiger partial charge in [0.25, 0.3) is 0 Å². The monoisotopic (exact) mass is 293 g/mol. The zero-order valence-corrected chi connectivity index (χ0v) is 13.3. The van der Waals surface area contributed by atoms with Crippen molar-refractivity contribution in [3.63, 3.8) is 0 Å². The molecule has 1 aliphatic carbocycles. The molecule has 0 aromatic heterocycles. The van der Waals surface area contributed by atoms with Crippen LogP contribution in [0.3, 0.4) is 0 Å². The first-order valence-corrected chi connectivity index (χ1v) is 7.52. The molecule has 0 aliphatic heterocycles. The van der Waals surface area contributed by atoms with Crippen LogP contribution in [-0.4, -0.2) is 32.1 Å². The highest BCUT2D eigenvalue weighted by Gasteiger charge is 2.33. The van der Waals surface area contributed by atoms with Gasteiger partial charge in [-0.15, -0.1) is 0 Å². The first-order chi connectivity index (χ1) is 9.95. The maximum absolute atomic E-state index is 13.8. The summed E-state index contributed by atoms with van der Waals surface area (Å²) in [4.78, 5) is 14.1. The van der Waals surface area contributed by atoms with Crippen molar-refractivity contribution in [2.24, 2.45) is 5.92 Å². The molecule has 1 atom stereocenters. The molecule has 21 heavy (non-hydrogen) atoms. The summed E-state index contributed by atoms with van der Waals surface area (Å²) in [6.45, 7) is 6.70. The predicted molar refractivity (Wildman–Crippen MR) is 82.5 cm³/mol. The van der Waals surface area contributed by atoms with Gasteiger partial charge in [-0.05, 0) is 57.2 Å². The molecule has 3 nitrogen and oxygen atoms in total. The summed E-state index contributed by atoms with van der Waals surface area (Å²) in [6.07, 6.45) is 2.44. The number of rotatable bonds is 7. The fraction of sp³-hybridized carbons (Fsp3) is 0.588. The molecule has 0 saturated heterocycles. The molecule has 0 N–H and O–H groups in total. The van der Waals surface area contributed by atoms with E-state index in [1.807, 2.05) is 0 Å². The van der Waals surface area contributed by atoms with E-state index in [-0.39, 0.29) is 11.6 Å². The van der Waals surface area contributed by atoms with E-state index in [1.54, 1.807) is 20.1 Å².